The third kappa shape index (κ3) is 2.26. The largest absolute Gasteiger partial charge is 0.336 e. The molecule has 2 rings (SSSR count). The molecule has 1 aliphatic rings. The van der Waals surface area contributed by atoms with Gasteiger partial charge in [-0.2, -0.15) is 0 Å². The predicted octanol–water partition coefficient (Wildman–Crippen LogP) is 3.39. The molecule has 0 saturated carbocycles. The summed E-state index contributed by atoms with van der Waals surface area (Å²) in [5.74, 6) is -0.0706. The van der Waals surface area contributed by atoms with Crippen molar-refractivity contribution in [2.24, 2.45) is 5.92 Å². The Kier molecular flexibility index (Phi) is 3.69. The molecule has 0 N–H and O–H groups in total. The van der Waals surface area contributed by atoms with Crippen molar-refractivity contribution in [2.75, 3.05) is 6.54 Å². The number of hydrogen-bond donors (Lipinski definition) is 0. The van der Waals surface area contributed by atoms with E-state index in [0.717, 1.165) is 19.4 Å². The first kappa shape index (κ1) is 13.1. The molecule has 1 amide bonds. The van der Waals surface area contributed by atoms with E-state index in [2.05, 4.69) is 13.8 Å². The summed E-state index contributed by atoms with van der Waals surface area (Å²) >= 11 is 0. The van der Waals surface area contributed by atoms with Crippen LogP contribution in [0.15, 0.2) is 18.2 Å². The number of piperidine rings is 1. The Morgan fingerprint density at radius 1 is 1.39 bits per heavy atom. The highest BCUT2D eigenvalue weighted by Crippen LogP contribution is 2.25. The first-order valence-corrected chi connectivity index (χ1v) is 6.58. The summed E-state index contributed by atoms with van der Waals surface area (Å²) in [7, 11) is 0. The highest BCUT2D eigenvalue weighted by molar-refractivity contribution is 5.95. The lowest BCUT2D eigenvalue weighted by molar-refractivity contribution is 0.0546. The van der Waals surface area contributed by atoms with E-state index in [1.54, 1.807) is 25.1 Å². The van der Waals surface area contributed by atoms with Gasteiger partial charge in [0.1, 0.15) is 5.82 Å². The minimum atomic E-state index is -0.382. The Labute approximate surface area is 108 Å². The van der Waals surface area contributed by atoms with Gasteiger partial charge in [0.05, 0.1) is 5.56 Å². The van der Waals surface area contributed by atoms with Gasteiger partial charge in [-0.3, -0.25) is 4.79 Å². The number of likely N-dealkylation sites (tertiary alicyclic amines) is 1. The fraction of sp³-hybridized carbons (Fsp3) is 0.533. The van der Waals surface area contributed by atoms with E-state index in [1.165, 1.54) is 0 Å². The molecular formula is C15H20FNO. The average Bonchev–Trinajstić information content (AvgIpc) is 2.35. The molecule has 0 aromatic heterocycles. The van der Waals surface area contributed by atoms with Gasteiger partial charge < -0.3 is 4.90 Å². The Balaban J connectivity index is 2.28. The summed E-state index contributed by atoms with van der Waals surface area (Å²) in [6.45, 7) is 6.62. The maximum atomic E-state index is 14.0. The summed E-state index contributed by atoms with van der Waals surface area (Å²) in [5, 5.41) is 0. The zero-order valence-electron chi connectivity index (χ0n) is 11.2. The van der Waals surface area contributed by atoms with Crippen molar-refractivity contribution in [1.82, 2.24) is 4.90 Å². The maximum Gasteiger partial charge on any atom is 0.257 e. The fourth-order valence-electron chi connectivity index (χ4n) is 2.59. The quantitative estimate of drug-likeness (QED) is 0.747. The number of amides is 1. The first-order valence-electron chi connectivity index (χ1n) is 6.58. The van der Waals surface area contributed by atoms with E-state index in [4.69, 9.17) is 0 Å². The van der Waals surface area contributed by atoms with Crippen molar-refractivity contribution >= 4 is 5.91 Å². The van der Waals surface area contributed by atoms with Crippen LogP contribution < -0.4 is 0 Å². The van der Waals surface area contributed by atoms with Crippen LogP contribution in [0.5, 0.6) is 0 Å². The minimum absolute atomic E-state index is 0.171. The number of nitrogens with zero attached hydrogens (tertiary/aromatic N) is 1. The first-order chi connectivity index (χ1) is 8.52. The molecule has 1 aromatic rings. The Hall–Kier alpha value is -1.38. The Morgan fingerprint density at radius 3 is 2.83 bits per heavy atom. The van der Waals surface area contributed by atoms with Crippen molar-refractivity contribution in [1.29, 1.82) is 0 Å². The molecule has 1 heterocycles. The SMILES string of the molecule is Cc1cccc(C(=O)N2CCCC(C)C2C)c1F. The normalized spacial score (nSPS) is 24.1. The van der Waals surface area contributed by atoms with Crippen LogP contribution in [0.25, 0.3) is 0 Å². The summed E-state index contributed by atoms with van der Waals surface area (Å²) in [4.78, 5) is 14.2. The van der Waals surface area contributed by atoms with Crippen LogP contribution in [0, 0.1) is 18.7 Å². The smallest absolute Gasteiger partial charge is 0.257 e. The molecule has 3 heteroatoms. The van der Waals surface area contributed by atoms with Crippen molar-refractivity contribution in [3.05, 3.63) is 35.1 Å². The molecule has 2 nitrogen and oxygen atoms in total. The number of carbonyl (C=O) groups is 1. The monoisotopic (exact) mass is 249 g/mol. The van der Waals surface area contributed by atoms with Gasteiger partial charge in [-0.05, 0) is 44.2 Å². The van der Waals surface area contributed by atoms with E-state index < -0.39 is 0 Å². The van der Waals surface area contributed by atoms with E-state index in [0.29, 0.717) is 11.5 Å². The second-order valence-corrected chi connectivity index (χ2v) is 5.30. The topological polar surface area (TPSA) is 20.3 Å². The minimum Gasteiger partial charge on any atom is -0.336 e. The highest BCUT2D eigenvalue weighted by Gasteiger charge is 2.30. The molecule has 0 spiro atoms. The van der Waals surface area contributed by atoms with Gasteiger partial charge in [0, 0.05) is 12.6 Å². The van der Waals surface area contributed by atoms with Crippen LogP contribution in [-0.4, -0.2) is 23.4 Å². The van der Waals surface area contributed by atoms with Crippen molar-refractivity contribution in [3.8, 4) is 0 Å². The molecule has 0 aliphatic carbocycles. The summed E-state index contributed by atoms with van der Waals surface area (Å²) in [5.41, 5.74) is 0.731. The molecular weight excluding hydrogens is 229 g/mol. The van der Waals surface area contributed by atoms with Gasteiger partial charge in [0.15, 0.2) is 0 Å². The molecule has 1 aromatic carbocycles. The number of carbonyl (C=O) groups excluding carboxylic acids is 1. The van der Waals surface area contributed by atoms with Gasteiger partial charge in [0.25, 0.3) is 5.91 Å². The van der Waals surface area contributed by atoms with Crippen molar-refractivity contribution < 1.29 is 9.18 Å². The van der Waals surface area contributed by atoms with Crippen LogP contribution in [0.2, 0.25) is 0 Å². The molecule has 2 atom stereocenters. The average molecular weight is 249 g/mol. The van der Waals surface area contributed by atoms with E-state index in [1.807, 2.05) is 4.90 Å². The van der Waals surface area contributed by atoms with Crippen LogP contribution in [0.4, 0.5) is 4.39 Å². The molecule has 0 bridgehead atoms. The number of rotatable bonds is 1. The molecule has 0 radical (unpaired) electrons. The van der Waals surface area contributed by atoms with Gasteiger partial charge >= 0.3 is 0 Å². The van der Waals surface area contributed by atoms with Gasteiger partial charge in [-0.25, -0.2) is 4.39 Å². The Morgan fingerprint density at radius 2 is 2.11 bits per heavy atom. The summed E-state index contributed by atoms with van der Waals surface area (Å²) in [6.07, 6.45) is 2.14. The van der Waals surface area contributed by atoms with E-state index in [9.17, 15) is 9.18 Å². The van der Waals surface area contributed by atoms with Crippen LogP contribution in [0.1, 0.15) is 42.6 Å². The lowest BCUT2D eigenvalue weighted by Gasteiger charge is -2.38. The van der Waals surface area contributed by atoms with Crippen LogP contribution >= 0.6 is 0 Å². The van der Waals surface area contributed by atoms with Gasteiger partial charge in [-0.15, -0.1) is 0 Å². The summed E-state index contributed by atoms with van der Waals surface area (Å²) < 4.78 is 14.0. The third-order valence-corrected chi connectivity index (χ3v) is 4.06. The number of halogens is 1. The number of hydrogen-bond acceptors (Lipinski definition) is 1. The molecule has 2 unspecified atom stereocenters. The van der Waals surface area contributed by atoms with Crippen LogP contribution in [0.3, 0.4) is 0 Å². The second-order valence-electron chi connectivity index (χ2n) is 5.30. The Bertz CT molecular complexity index is 458. The number of benzene rings is 1. The van der Waals surface area contributed by atoms with Gasteiger partial charge in [-0.1, -0.05) is 19.1 Å². The lowest BCUT2D eigenvalue weighted by atomic mass is 9.91. The second kappa shape index (κ2) is 5.09. The van der Waals surface area contributed by atoms with Gasteiger partial charge in [0.2, 0.25) is 0 Å². The lowest BCUT2D eigenvalue weighted by Crippen LogP contribution is -2.46. The molecule has 1 aliphatic heterocycles. The third-order valence-electron chi connectivity index (χ3n) is 4.06. The fourth-order valence-corrected chi connectivity index (χ4v) is 2.59. The van der Waals surface area contributed by atoms with Crippen molar-refractivity contribution in [3.63, 3.8) is 0 Å². The summed E-state index contributed by atoms with van der Waals surface area (Å²) in [6, 6.07) is 5.19. The zero-order chi connectivity index (χ0) is 13.3. The zero-order valence-corrected chi connectivity index (χ0v) is 11.2. The predicted molar refractivity (Wildman–Crippen MR) is 70.0 cm³/mol. The van der Waals surface area contributed by atoms with Crippen molar-refractivity contribution in [2.45, 2.75) is 39.7 Å². The number of aryl methyl sites for hydroxylation is 1. The standard InChI is InChI=1S/C15H20FNO/c1-10-7-5-9-17(12(10)3)15(18)13-8-4-6-11(2)14(13)16/h4,6,8,10,12H,5,7,9H2,1-3H3. The van der Waals surface area contributed by atoms with E-state index >= 15 is 0 Å². The molecule has 18 heavy (non-hydrogen) atoms. The van der Waals surface area contributed by atoms with Crippen LogP contribution in [-0.2, 0) is 0 Å². The molecule has 98 valence electrons. The highest BCUT2D eigenvalue weighted by atomic mass is 19.1. The maximum absolute atomic E-state index is 14.0. The van der Waals surface area contributed by atoms with E-state index in [-0.39, 0.29) is 23.3 Å². The molecule has 1 fully saturated rings. The molecule has 1 saturated heterocycles.